The Morgan fingerprint density at radius 3 is 2.50 bits per heavy atom. The number of aromatic hydroxyl groups is 1. The molecule has 98 valence electrons. The molecular weight excluding hydrogens is 224 g/mol. The molecule has 0 aliphatic heterocycles. The van der Waals surface area contributed by atoms with Crippen molar-refractivity contribution >= 4 is 0 Å². The van der Waals surface area contributed by atoms with Gasteiger partial charge in [0.1, 0.15) is 6.10 Å². The second-order valence-corrected chi connectivity index (χ2v) is 6.68. The third-order valence-electron chi connectivity index (χ3n) is 5.85. The number of para-hydroxylation sites is 2. The van der Waals surface area contributed by atoms with Crippen molar-refractivity contribution in [1.82, 2.24) is 0 Å². The van der Waals surface area contributed by atoms with Gasteiger partial charge in [-0.25, -0.2) is 0 Å². The molecule has 2 heteroatoms. The number of phenols is 1. The lowest BCUT2D eigenvalue weighted by Crippen LogP contribution is -2.38. The van der Waals surface area contributed by atoms with Crippen LogP contribution in [0.15, 0.2) is 24.3 Å². The number of benzene rings is 1. The highest BCUT2D eigenvalue weighted by molar-refractivity contribution is 5.38. The van der Waals surface area contributed by atoms with Gasteiger partial charge in [-0.3, -0.25) is 0 Å². The lowest BCUT2D eigenvalue weighted by Gasteiger charge is -2.38. The van der Waals surface area contributed by atoms with Crippen LogP contribution in [-0.2, 0) is 0 Å². The maximum atomic E-state index is 9.83. The summed E-state index contributed by atoms with van der Waals surface area (Å²) in [7, 11) is 0. The molecule has 2 fully saturated rings. The highest BCUT2D eigenvalue weighted by Crippen LogP contribution is 2.66. The molecule has 1 aromatic carbocycles. The van der Waals surface area contributed by atoms with Crippen molar-refractivity contribution in [3.8, 4) is 11.5 Å². The molecule has 2 aliphatic rings. The summed E-state index contributed by atoms with van der Waals surface area (Å²) in [5, 5.41) is 9.83. The molecule has 2 nitrogen and oxygen atoms in total. The molecule has 0 aromatic heterocycles. The fraction of sp³-hybridized carbons (Fsp3) is 0.625. The van der Waals surface area contributed by atoms with Crippen molar-refractivity contribution < 1.29 is 9.84 Å². The van der Waals surface area contributed by atoms with Crippen molar-refractivity contribution in [3.05, 3.63) is 24.3 Å². The largest absolute Gasteiger partial charge is 0.504 e. The van der Waals surface area contributed by atoms with E-state index in [1.807, 2.05) is 18.2 Å². The molecule has 18 heavy (non-hydrogen) atoms. The third-order valence-corrected chi connectivity index (χ3v) is 5.85. The Balaban J connectivity index is 1.86. The molecule has 1 N–H and O–H groups in total. The van der Waals surface area contributed by atoms with Crippen LogP contribution >= 0.6 is 0 Å². The van der Waals surface area contributed by atoms with E-state index in [1.54, 1.807) is 6.07 Å². The van der Waals surface area contributed by atoms with E-state index in [1.165, 1.54) is 12.8 Å². The van der Waals surface area contributed by atoms with Crippen LogP contribution < -0.4 is 4.74 Å². The molecule has 2 aliphatic carbocycles. The second kappa shape index (κ2) is 3.66. The van der Waals surface area contributed by atoms with E-state index in [0.717, 1.165) is 12.3 Å². The predicted molar refractivity (Wildman–Crippen MR) is 71.8 cm³/mol. The molecule has 0 saturated heterocycles. The highest BCUT2D eigenvalue weighted by atomic mass is 16.5. The lowest BCUT2D eigenvalue weighted by molar-refractivity contribution is 0.0286. The van der Waals surface area contributed by atoms with E-state index >= 15 is 0 Å². The van der Waals surface area contributed by atoms with E-state index < -0.39 is 0 Å². The summed E-state index contributed by atoms with van der Waals surface area (Å²) in [6, 6.07) is 7.29. The molecule has 0 spiro atoms. The average Bonchev–Trinajstić information content (AvgIpc) is 2.65. The van der Waals surface area contributed by atoms with Crippen LogP contribution in [0.2, 0.25) is 0 Å². The molecule has 1 aromatic rings. The maximum Gasteiger partial charge on any atom is 0.161 e. The van der Waals surface area contributed by atoms with Gasteiger partial charge in [0.15, 0.2) is 11.5 Å². The molecule has 3 atom stereocenters. The molecule has 3 rings (SSSR count). The van der Waals surface area contributed by atoms with Gasteiger partial charge in [-0.05, 0) is 42.7 Å². The summed E-state index contributed by atoms with van der Waals surface area (Å²) in [5.41, 5.74) is 0.585. The molecule has 0 heterocycles. The van der Waals surface area contributed by atoms with Gasteiger partial charge in [-0.2, -0.15) is 0 Å². The van der Waals surface area contributed by atoms with Crippen LogP contribution in [0.25, 0.3) is 0 Å². The van der Waals surface area contributed by atoms with E-state index in [-0.39, 0.29) is 17.3 Å². The monoisotopic (exact) mass is 246 g/mol. The van der Waals surface area contributed by atoms with Gasteiger partial charge in [-0.15, -0.1) is 0 Å². The number of fused-ring (bicyclic) bond motifs is 2. The van der Waals surface area contributed by atoms with Crippen LogP contribution in [0.3, 0.4) is 0 Å². The Hall–Kier alpha value is -1.18. The van der Waals surface area contributed by atoms with Gasteiger partial charge in [0.2, 0.25) is 0 Å². The van der Waals surface area contributed by atoms with Gasteiger partial charge in [0, 0.05) is 5.41 Å². The summed E-state index contributed by atoms with van der Waals surface area (Å²) in [5.74, 6) is 1.65. The van der Waals surface area contributed by atoms with Crippen LogP contribution in [0.1, 0.15) is 40.0 Å². The zero-order valence-electron chi connectivity index (χ0n) is 11.4. The first-order valence-corrected chi connectivity index (χ1v) is 6.90. The number of hydrogen-bond acceptors (Lipinski definition) is 2. The summed E-state index contributed by atoms with van der Waals surface area (Å²) in [4.78, 5) is 0. The fourth-order valence-electron chi connectivity index (χ4n) is 4.02. The van der Waals surface area contributed by atoms with Crippen molar-refractivity contribution in [2.24, 2.45) is 16.7 Å². The van der Waals surface area contributed by atoms with Gasteiger partial charge in [-0.1, -0.05) is 32.9 Å². The van der Waals surface area contributed by atoms with Crippen LogP contribution in [0, 0.1) is 16.7 Å². The Morgan fingerprint density at radius 1 is 1.22 bits per heavy atom. The number of ether oxygens (including phenoxy) is 1. The third kappa shape index (κ3) is 1.41. The van der Waals surface area contributed by atoms with Gasteiger partial charge in [0.25, 0.3) is 0 Å². The van der Waals surface area contributed by atoms with E-state index in [2.05, 4.69) is 20.8 Å². The number of rotatable bonds is 2. The smallest absolute Gasteiger partial charge is 0.161 e. The Labute approximate surface area is 109 Å². The molecule has 2 saturated carbocycles. The molecular formula is C16H22O2. The van der Waals surface area contributed by atoms with Crippen molar-refractivity contribution in [2.75, 3.05) is 0 Å². The summed E-state index contributed by atoms with van der Waals surface area (Å²) < 4.78 is 6.13. The predicted octanol–water partition coefficient (Wildman–Crippen LogP) is 3.99. The molecule has 2 bridgehead atoms. The second-order valence-electron chi connectivity index (χ2n) is 6.68. The fourth-order valence-corrected chi connectivity index (χ4v) is 4.02. The first-order chi connectivity index (χ1) is 8.45. The van der Waals surface area contributed by atoms with Crippen LogP contribution in [-0.4, -0.2) is 11.2 Å². The lowest BCUT2D eigenvalue weighted by atomic mass is 9.70. The van der Waals surface area contributed by atoms with Gasteiger partial charge >= 0.3 is 0 Å². The normalized spacial score (nSPS) is 36.8. The maximum absolute atomic E-state index is 9.83. The van der Waals surface area contributed by atoms with E-state index in [4.69, 9.17) is 4.74 Å². The average molecular weight is 246 g/mol. The van der Waals surface area contributed by atoms with Crippen LogP contribution in [0.4, 0.5) is 0 Å². The standard InChI is InChI=1S/C16H22O2/c1-15(2)11-8-9-16(15,3)14(10-11)18-13-7-5-4-6-12(13)17/h4-7,11,14,17H,8-10H2,1-3H3. The SMILES string of the molecule is CC1(C)C2CCC1(C)C(Oc1ccccc1O)C2. The zero-order valence-corrected chi connectivity index (χ0v) is 11.4. The highest BCUT2D eigenvalue weighted by Gasteiger charge is 2.62. The van der Waals surface area contributed by atoms with Crippen molar-refractivity contribution in [1.29, 1.82) is 0 Å². The quantitative estimate of drug-likeness (QED) is 0.855. The number of hydrogen-bond donors (Lipinski definition) is 1. The van der Waals surface area contributed by atoms with E-state index in [0.29, 0.717) is 11.2 Å². The van der Waals surface area contributed by atoms with Crippen molar-refractivity contribution in [2.45, 2.75) is 46.1 Å². The summed E-state index contributed by atoms with van der Waals surface area (Å²) in [6.07, 6.45) is 3.92. The topological polar surface area (TPSA) is 29.5 Å². The summed E-state index contributed by atoms with van der Waals surface area (Å²) >= 11 is 0. The molecule has 3 unspecified atom stereocenters. The Morgan fingerprint density at radius 2 is 1.94 bits per heavy atom. The van der Waals surface area contributed by atoms with Crippen molar-refractivity contribution in [3.63, 3.8) is 0 Å². The molecule has 0 radical (unpaired) electrons. The van der Waals surface area contributed by atoms with Crippen LogP contribution in [0.5, 0.6) is 11.5 Å². The minimum Gasteiger partial charge on any atom is -0.504 e. The van der Waals surface area contributed by atoms with Gasteiger partial charge in [0.05, 0.1) is 0 Å². The Bertz CT molecular complexity index is 466. The molecule has 0 amide bonds. The zero-order chi connectivity index (χ0) is 13.0. The first-order valence-electron chi connectivity index (χ1n) is 6.90. The van der Waals surface area contributed by atoms with E-state index in [9.17, 15) is 5.11 Å². The Kier molecular flexibility index (Phi) is 2.42. The minimum atomic E-state index is 0.236. The van der Waals surface area contributed by atoms with Gasteiger partial charge < -0.3 is 9.84 Å². The number of phenolic OH excluding ortho intramolecular Hbond substituents is 1. The first kappa shape index (κ1) is 11.9. The summed E-state index contributed by atoms with van der Waals surface area (Å²) in [6.45, 7) is 7.10. The minimum absolute atomic E-state index is 0.236.